The van der Waals surface area contributed by atoms with Crippen molar-refractivity contribution in [1.29, 1.82) is 0 Å². The maximum Gasteiger partial charge on any atom is 0.337 e. The van der Waals surface area contributed by atoms with E-state index in [0.29, 0.717) is 17.3 Å². The summed E-state index contributed by atoms with van der Waals surface area (Å²) < 4.78 is 0. The van der Waals surface area contributed by atoms with Crippen LogP contribution in [0.5, 0.6) is 0 Å². The Bertz CT molecular complexity index is 1080. The van der Waals surface area contributed by atoms with Crippen molar-refractivity contribution < 1.29 is 9.90 Å². The van der Waals surface area contributed by atoms with E-state index < -0.39 is 5.97 Å². The van der Waals surface area contributed by atoms with Gasteiger partial charge in [-0.2, -0.15) is 0 Å². The van der Waals surface area contributed by atoms with E-state index in [9.17, 15) is 9.90 Å². The number of anilines is 3. The summed E-state index contributed by atoms with van der Waals surface area (Å²) in [4.78, 5) is 13.6. The van der Waals surface area contributed by atoms with Crippen molar-refractivity contribution in [3.63, 3.8) is 0 Å². The Morgan fingerprint density at radius 2 is 1.72 bits per heavy atom. The first-order chi connectivity index (χ1) is 14.1. The number of fused-ring (bicyclic) bond motifs is 2. The maximum atomic E-state index is 11.4. The van der Waals surface area contributed by atoms with Gasteiger partial charge in [0.2, 0.25) is 0 Å². The van der Waals surface area contributed by atoms with E-state index >= 15 is 0 Å². The highest BCUT2D eigenvalue weighted by Crippen LogP contribution is 2.37. The number of aryl methyl sites for hydroxylation is 2. The molecular weight excluding hydrogens is 384 g/mol. The zero-order valence-electron chi connectivity index (χ0n) is 15.8. The highest BCUT2D eigenvalue weighted by atomic mass is 35.5. The zero-order chi connectivity index (χ0) is 20.2. The molecule has 0 amide bonds. The van der Waals surface area contributed by atoms with Gasteiger partial charge < -0.3 is 15.3 Å². The van der Waals surface area contributed by atoms with E-state index in [0.717, 1.165) is 18.5 Å². The number of carboxylic acid groups (broad SMARTS) is 1. The number of hydrogen-bond donors (Lipinski definition) is 2. The largest absolute Gasteiger partial charge is 0.478 e. The fraction of sp³-hybridized carbons (Fsp3) is 0.125. The molecule has 5 heteroatoms. The molecule has 0 spiro atoms. The number of nitrogens with one attached hydrogen (secondary N) is 1. The third kappa shape index (κ3) is 4.13. The summed E-state index contributed by atoms with van der Waals surface area (Å²) in [7, 11) is 0. The number of hydrogen-bond acceptors (Lipinski definition) is 3. The number of aromatic carboxylic acids is 1. The van der Waals surface area contributed by atoms with Crippen LogP contribution < -0.4 is 10.2 Å². The van der Waals surface area contributed by atoms with Crippen molar-refractivity contribution in [2.75, 3.05) is 16.8 Å². The summed E-state index contributed by atoms with van der Waals surface area (Å²) in [6.45, 7) is 0.632. The molecule has 4 nitrogen and oxygen atoms in total. The average molecular weight is 405 g/mol. The van der Waals surface area contributed by atoms with Crippen LogP contribution >= 0.6 is 11.6 Å². The van der Waals surface area contributed by atoms with E-state index in [1.54, 1.807) is 24.4 Å². The third-order valence-corrected chi connectivity index (χ3v) is 5.32. The predicted molar refractivity (Wildman–Crippen MR) is 118 cm³/mol. The smallest absolute Gasteiger partial charge is 0.337 e. The number of carboxylic acids is 1. The highest BCUT2D eigenvalue weighted by Gasteiger charge is 2.19. The van der Waals surface area contributed by atoms with Gasteiger partial charge in [0.05, 0.1) is 11.3 Å². The van der Waals surface area contributed by atoms with Crippen molar-refractivity contribution in [1.82, 2.24) is 0 Å². The lowest BCUT2D eigenvalue weighted by molar-refractivity contribution is 0.0698. The van der Waals surface area contributed by atoms with Gasteiger partial charge in [-0.1, -0.05) is 48.0 Å². The van der Waals surface area contributed by atoms with Gasteiger partial charge >= 0.3 is 5.97 Å². The van der Waals surface area contributed by atoms with Gasteiger partial charge in [0.15, 0.2) is 0 Å². The Balaban J connectivity index is 1.61. The summed E-state index contributed by atoms with van der Waals surface area (Å²) in [6, 6.07) is 21.3. The second-order valence-corrected chi connectivity index (χ2v) is 7.35. The summed E-state index contributed by atoms with van der Waals surface area (Å²) >= 11 is 6.30. The van der Waals surface area contributed by atoms with E-state index in [4.69, 9.17) is 11.6 Å². The molecular formula is C24H21ClN2O2. The summed E-state index contributed by atoms with van der Waals surface area (Å²) in [5.41, 5.74) is 5.66. The standard InChI is InChI=1S/C24H21ClN2O2/c25-19-13-12-18-11-10-17-6-1-4-9-22(17)27(23(18)16-19)15-5-14-26-21-8-3-2-7-20(21)24(28)29/h1-9,12-14,16,26H,10-11,15H2,(H,28,29)/b14-5+. The maximum absolute atomic E-state index is 11.4. The molecule has 3 aromatic carbocycles. The van der Waals surface area contributed by atoms with Crippen molar-refractivity contribution in [2.24, 2.45) is 0 Å². The first-order valence-electron chi connectivity index (χ1n) is 9.51. The molecule has 0 unspecified atom stereocenters. The molecule has 0 aliphatic carbocycles. The van der Waals surface area contributed by atoms with Crippen LogP contribution in [-0.4, -0.2) is 17.6 Å². The van der Waals surface area contributed by atoms with Gasteiger partial charge in [0.25, 0.3) is 0 Å². The van der Waals surface area contributed by atoms with Crippen molar-refractivity contribution >= 4 is 34.6 Å². The molecule has 2 N–H and O–H groups in total. The first-order valence-corrected chi connectivity index (χ1v) is 9.89. The lowest BCUT2D eigenvalue weighted by atomic mass is 10.0. The van der Waals surface area contributed by atoms with E-state index in [2.05, 4.69) is 34.5 Å². The third-order valence-electron chi connectivity index (χ3n) is 5.09. The minimum atomic E-state index is -0.952. The topological polar surface area (TPSA) is 52.6 Å². The fourth-order valence-electron chi connectivity index (χ4n) is 3.68. The molecule has 146 valence electrons. The molecule has 3 aromatic rings. The van der Waals surface area contributed by atoms with E-state index in [-0.39, 0.29) is 5.56 Å². The average Bonchev–Trinajstić information content (AvgIpc) is 2.88. The number of nitrogens with zero attached hydrogens (tertiary/aromatic N) is 1. The van der Waals surface area contributed by atoms with Crippen LogP contribution in [0, 0.1) is 0 Å². The van der Waals surface area contributed by atoms with Crippen LogP contribution in [0.1, 0.15) is 21.5 Å². The molecule has 1 aliphatic heterocycles. The molecule has 1 aliphatic rings. The van der Waals surface area contributed by atoms with Crippen LogP contribution in [0.3, 0.4) is 0 Å². The number of halogens is 1. The van der Waals surface area contributed by atoms with Crippen LogP contribution in [0.2, 0.25) is 5.02 Å². The molecule has 0 atom stereocenters. The lowest BCUT2D eigenvalue weighted by Crippen LogP contribution is -2.18. The molecule has 1 heterocycles. The SMILES string of the molecule is O=C(O)c1ccccc1N/C=C/CN1c2ccccc2CCc2ccc(Cl)cc21. The number of para-hydroxylation sites is 2. The molecule has 29 heavy (non-hydrogen) atoms. The van der Waals surface area contributed by atoms with Gasteiger partial charge in [-0.15, -0.1) is 0 Å². The monoisotopic (exact) mass is 404 g/mol. The zero-order valence-corrected chi connectivity index (χ0v) is 16.6. The Morgan fingerprint density at radius 1 is 1.00 bits per heavy atom. The second kappa shape index (κ2) is 8.41. The van der Waals surface area contributed by atoms with Gasteiger partial charge in [-0.3, -0.25) is 0 Å². The lowest BCUT2D eigenvalue weighted by Gasteiger charge is -2.26. The molecule has 4 rings (SSSR count). The van der Waals surface area contributed by atoms with Crippen LogP contribution in [0.15, 0.2) is 79.0 Å². The van der Waals surface area contributed by atoms with Crippen molar-refractivity contribution in [3.05, 3.63) is 101 Å². The molecule has 0 fully saturated rings. The Morgan fingerprint density at radius 3 is 2.55 bits per heavy atom. The van der Waals surface area contributed by atoms with Crippen LogP contribution in [0.25, 0.3) is 0 Å². The number of rotatable bonds is 5. The normalized spacial score (nSPS) is 12.9. The number of benzene rings is 3. The molecule has 0 bridgehead atoms. The van der Waals surface area contributed by atoms with Gasteiger partial charge in [0, 0.05) is 22.9 Å². The summed E-state index contributed by atoms with van der Waals surface area (Å²) in [6.07, 6.45) is 5.73. The molecule has 0 radical (unpaired) electrons. The van der Waals surface area contributed by atoms with Gasteiger partial charge in [-0.25, -0.2) is 4.79 Å². The first kappa shape index (κ1) is 19.1. The number of carbonyl (C=O) groups is 1. The fourth-order valence-corrected chi connectivity index (χ4v) is 3.85. The highest BCUT2D eigenvalue weighted by molar-refractivity contribution is 6.30. The van der Waals surface area contributed by atoms with Crippen LogP contribution in [0.4, 0.5) is 17.1 Å². The Labute approximate surface area is 175 Å². The second-order valence-electron chi connectivity index (χ2n) is 6.91. The minimum absolute atomic E-state index is 0.245. The van der Waals surface area contributed by atoms with Crippen molar-refractivity contribution in [2.45, 2.75) is 12.8 Å². The Kier molecular flexibility index (Phi) is 5.54. The van der Waals surface area contributed by atoms with Crippen molar-refractivity contribution in [3.8, 4) is 0 Å². The molecule has 0 aromatic heterocycles. The van der Waals surface area contributed by atoms with E-state index in [1.807, 2.05) is 30.3 Å². The molecule has 0 saturated heterocycles. The summed E-state index contributed by atoms with van der Waals surface area (Å²) in [5.74, 6) is -0.952. The minimum Gasteiger partial charge on any atom is -0.478 e. The van der Waals surface area contributed by atoms with E-state index in [1.165, 1.54) is 16.8 Å². The molecule has 0 saturated carbocycles. The van der Waals surface area contributed by atoms with Gasteiger partial charge in [-0.05, 0) is 66.6 Å². The predicted octanol–water partition coefficient (Wildman–Crippen LogP) is 5.90. The van der Waals surface area contributed by atoms with Crippen LogP contribution in [-0.2, 0) is 12.8 Å². The summed E-state index contributed by atoms with van der Waals surface area (Å²) in [5, 5.41) is 13.1. The Hall–Kier alpha value is -3.24. The van der Waals surface area contributed by atoms with Gasteiger partial charge in [0.1, 0.15) is 0 Å². The quantitative estimate of drug-likeness (QED) is 0.555.